The highest BCUT2D eigenvalue weighted by Gasteiger charge is 2.24. The van der Waals surface area contributed by atoms with Crippen molar-refractivity contribution in [3.8, 4) is 0 Å². The van der Waals surface area contributed by atoms with E-state index in [4.69, 9.17) is 36.3 Å². The van der Waals surface area contributed by atoms with Gasteiger partial charge in [-0.2, -0.15) is 0 Å². The lowest BCUT2D eigenvalue weighted by atomic mass is 9.84. The summed E-state index contributed by atoms with van der Waals surface area (Å²) in [6, 6.07) is -0.930. The zero-order valence-corrected chi connectivity index (χ0v) is 16.5. The third-order valence-corrected chi connectivity index (χ3v) is 4.40. The first-order valence-electron chi connectivity index (χ1n) is 17.5. The van der Waals surface area contributed by atoms with Crippen LogP contribution < -0.4 is 10.2 Å². The first-order chi connectivity index (χ1) is 20.2. The molecule has 1 N–H and O–H groups in total. The van der Waals surface area contributed by atoms with Gasteiger partial charge in [-0.05, 0) is 62.9 Å². The summed E-state index contributed by atoms with van der Waals surface area (Å²) in [5.74, 6) is -3.61. The van der Waals surface area contributed by atoms with Gasteiger partial charge in [-0.25, -0.2) is 4.79 Å². The molecule has 1 aliphatic heterocycles. The van der Waals surface area contributed by atoms with E-state index in [1.807, 2.05) is 0 Å². The molecule has 1 aromatic carbocycles. The molecule has 2 amide bonds. The number of hydrogen-bond donors (Lipinski definition) is 1. The van der Waals surface area contributed by atoms with Crippen LogP contribution in [0.15, 0.2) is 18.2 Å². The maximum Gasteiger partial charge on any atom is 0.317 e. The maximum atomic E-state index is 12.4. The number of carbonyl (C=O) groups excluding carboxylic acids is 1. The third-order valence-electron chi connectivity index (χ3n) is 3.91. The standard InChI is InChI=1S/C22H35ClN4O/c1-17-5-4-6-20(21(17)23)27-15-13-26(14-16-27)12-11-18-7-9-19(10-8-18)24-22(28)25(2)3/h4-6,18-19H,7-16H2,1-3H3,(H,24,28)/t18-,19-/i7D2,8D2,9D2,10D2,13D2,14D2,15D2,16D2,18D,19D. The Morgan fingerprint density at radius 1 is 1.25 bits per heavy atom. The molecular weight excluding hydrogens is 372 g/mol. The molecule has 0 aromatic heterocycles. The molecule has 0 radical (unpaired) electrons. The predicted molar refractivity (Wildman–Crippen MR) is 117 cm³/mol. The van der Waals surface area contributed by atoms with Crippen molar-refractivity contribution in [3.05, 3.63) is 28.8 Å². The fourth-order valence-corrected chi connectivity index (χ4v) is 2.49. The fraction of sp³-hybridized carbons (Fsp3) is 0.682. The molecule has 2 aliphatic rings. The molecule has 5 nitrogen and oxygen atoms in total. The largest absolute Gasteiger partial charge is 0.368 e. The molecule has 6 heteroatoms. The SMILES string of the molecule is [2H]C1([2H])N(CC[C@]2([2H])C([2H])([2H])C([2H])([2H])[C@@]([2H])(NC(=O)N(C)C)C([2H])([2H])C2([2H])[2H])C([2H])([2H])C([2H])([2H])N(c2cccc(C)c2Cl)C1([2H])[2H]. The van der Waals surface area contributed by atoms with Crippen LogP contribution in [0.4, 0.5) is 10.5 Å². The predicted octanol–water partition coefficient (Wildman–Crippen LogP) is 3.99. The van der Waals surface area contributed by atoms with E-state index < -0.39 is 88.1 Å². The Hall–Kier alpha value is -1.46. The highest BCUT2D eigenvalue weighted by Crippen LogP contribution is 2.30. The topological polar surface area (TPSA) is 38.8 Å². The number of benzene rings is 1. The van der Waals surface area contributed by atoms with E-state index in [0.717, 1.165) is 25.1 Å². The molecule has 1 aromatic rings. The summed E-state index contributed by atoms with van der Waals surface area (Å²) >= 11 is 6.32. The Morgan fingerprint density at radius 3 is 2.57 bits per heavy atom. The summed E-state index contributed by atoms with van der Waals surface area (Å²) in [5.41, 5.74) is -0.0584. The van der Waals surface area contributed by atoms with Gasteiger partial charge < -0.3 is 15.1 Å². The van der Waals surface area contributed by atoms with Crippen LogP contribution in [0.5, 0.6) is 0 Å². The molecule has 1 aliphatic carbocycles. The van der Waals surface area contributed by atoms with E-state index in [0.29, 0.717) is 5.56 Å². The van der Waals surface area contributed by atoms with Crippen LogP contribution in [0, 0.1) is 12.8 Å². The zero-order valence-electron chi connectivity index (χ0n) is 33.8. The Balaban J connectivity index is 2.19. The van der Waals surface area contributed by atoms with Crippen molar-refractivity contribution in [1.82, 2.24) is 15.1 Å². The van der Waals surface area contributed by atoms with Gasteiger partial charge in [-0.15, -0.1) is 0 Å². The average molecular weight is 425 g/mol. The van der Waals surface area contributed by atoms with Crippen molar-refractivity contribution >= 4 is 23.3 Å². The van der Waals surface area contributed by atoms with Crippen molar-refractivity contribution in [3.63, 3.8) is 0 Å². The number of anilines is 1. The second-order valence-corrected chi connectivity index (χ2v) is 6.65. The number of carbonyl (C=O) groups is 1. The molecule has 156 valence electrons. The van der Waals surface area contributed by atoms with Crippen molar-refractivity contribution < 1.29 is 29.5 Å². The third kappa shape index (κ3) is 5.54. The van der Waals surface area contributed by atoms with Crippen molar-refractivity contribution in [2.75, 3.05) is 51.5 Å². The van der Waals surface area contributed by atoms with Crippen molar-refractivity contribution in [2.24, 2.45) is 5.89 Å². The highest BCUT2D eigenvalue weighted by atomic mass is 35.5. The summed E-state index contributed by atoms with van der Waals surface area (Å²) in [6.07, 6.45) is -16.9. The van der Waals surface area contributed by atoms with Gasteiger partial charge in [0.2, 0.25) is 0 Å². The van der Waals surface area contributed by atoms with E-state index in [9.17, 15) is 4.79 Å². The molecule has 0 spiro atoms. The average Bonchev–Trinajstić information content (AvgIpc) is 2.88. The molecule has 2 fully saturated rings. The van der Waals surface area contributed by atoms with Crippen LogP contribution >= 0.6 is 11.6 Å². The lowest BCUT2D eigenvalue weighted by Crippen LogP contribution is -2.47. The van der Waals surface area contributed by atoms with Gasteiger partial charge in [-0.1, -0.05) is 23.7 Å². The van der Waals surface area contributed by atoms with Gasteiger partial charge in [0.25, 0.3) is 0 Å². The van der Waals surface area contributed by atoms with E-state index in [1.54, 1.807) is 5.32 Å². The Kier molecular flexibility index (Phi) is 2.81. The lowest BCUT2D eigenvalue weighted by Gasteiger charge is -2.37. The van der Waals surface area contributed by atoms with Gasteiger partial charge in [-0.3, -0.25) is 4.90 Å². The first-order valence-corrected chi connectivity index (χ1v) is 8.92. The normalized spacial score (nSPS) is 52.6. The Bertz CT molecular complexity index is 1330. The Morgan fingerprint density at radius 2 is 1.93 bits per heavy atom. The van der Waals surface area contributed by atoms with E-state index in [1.165, 1.54) is 19.1 Å². The number of urea groups is 1. The number of piperazine rings is 1. The smallest absolute Gasteiger partial charge is 0.317 e. The van der Waals surface area contributed by atoms with Crippen molar-refractivity contribution in [2.45, 2.75) is 44.9 Å². The second kappa shape index (κ2) is 9.84. The zero-order chi connectivity index (χ0) is 36.3. The number of nitrogens with one attached hydrogen (secondary N) is 1. The van der Waals surface area contributed by atoms with Crippen LogP contribution in [0.1, 0.15) is 62.1 Å². The molecule has 1 saturated carbocycles. The highest BCUT2D eigenvalue weighted by molar-refractivity contribution is 6.34. The second-order valence-electron chi connectivity index (χ2n) is 6.27. The minimum absolute atomic E-state index is 0.00976. The Labute approximate surface area is 200 Å². The van der Waals surface area contributed by atoms with Gasteiger partial charge in [0.1, 0.15) is 0 Å². The summed E-state index contributed by atoms with van der Waals surface area (Å²) in [4.78, 5) is 13.4. The first kappa shape index (κ1) is 7.99. The maximum absolute atomic E-state index is 12.4. The number of hydrogen-bond acceptors (Lipinski definition) is 3. The van der Waals surface area contributed by atoms with Crippen LogP contribution in [-0.4, -0.2) is 68.5 Å². The van der Waals surface area contributed by atoms with E-state index in [-0.39, 0.29) is 14.8 Å². The number of rotatable bonds is 5. The van der Waals surface area contributed by atoms with Gasteiger partial charge in [0.15, 0.2) is 0 Å². The van der Waals surface area contributed by atoms with Gasteiger partial charge in [0, 0.05) is 63.9 Å². The quantitative estimate of drug-likeness (QED) is 0.776. The van der Waals surface area contributed by atoms with E-state index >= 15 is 0 Å². The molecule has 0 unspecified atom stereocenters. The number of halogens is 1. The van der Waals surface area contributed by atoms with Gasteiger partial charge >= 0.3 is 6.03 Å². The minimum Gasteiger partial charge on any atom is -0.368 e. The monoisotopic (exact) mass is 424 g/mol. The minimum atomic E-state index is -3.87. The van der Waals surface area contributed by atoms with Crippen molar-refractivity contribution in [1.29, 1.82) is 0 Å². The fourth-order valence-electron chi connectivity index (χ4n) is 2.28. The molecule has 28 heavy (non-hydrogen) atoms. The molecule has 1 heterocycles. The molecule has 1 saturated heterocycles. The molecule has 3 rings (SSSR count). The number of amides is 2. The van der Waals surface area contributed by atoms with Crippen LogP contribution in [0.25, 0.3) is 0 Å². The summed E-state index contributed by atoms with van der Waals surface area (Å²) in [7, 11) is 2.30. The molecular formula is C22H35ClN4O. The molecule has 0 atom stereocenters. The van der Waals surface area contributed by atoms with Crippen LogP contribution in [-0.2, 0) is 0 Å². The summed E-state index contributed by atoms with van der Waals surface area (Å²) in [6.45, 7) is -13.8. The summed E-state index contributed by atoms with van der Waals surface area (Å²) in [5, 5.41) is 1.50. The number of aryl methyl sites for hydroxylation is 1. The lowest BCUT2D eigenvalue weighted by molar-refractivity contribution is 0.194. The molecule has 0 bridgehead atoms. The summed E-state index contributed by atoms with van der Waals surface area (Å²) < 4.78 is 156. The van der Waals surface area contributed by atoms with Gasteiger partial charge in [0.05, 0.1) is 17.6 Å². The van der Waals surface area contributed by atoms with E-state index in [2.05, 4.69) is 0 Å². The number of nitrogens with zero attached hydrogens (tertiary/aromatic N) is 3. The van der Waals surface area contributed by atoms with Crippen LogP contribution in [0.3, 0.4) is 0 Å². The van der Waals surface area contributed by atoms with Crippen LogP contribution in [0.2, 0.25) is 5.02 Å².